The number of ether oxygens (including phenoxy) is 1. The van der Waals surface area contributed by atoms with Gasteiger partial charge in [-0.25, -0.2) is 14.8 Å². The molecule has 3 rings (SSSR count). The third-order valence-corrected chi connectivity index (χ3v) is 3.98. The van der Waals surface area contributed by atoms with Crippen molar-refractivity contribution in [3.05, 3.63) is 18.5 Å². The molecule has 1 aliphatic heterocycles. The smallest absolute Gasteiger partial charge is 0.407 e. The Morgan fingerprint density at radius 1 is 1.22 bits per heavy atom. The minimum Gasteiger partial charge on any atom is -0.504 e. The van der Waals surface area contributed by atoms with Crippen molar-refractivity contribution in [3.63, 3.8) is 0 Å². The monoisotopic (exact) mass is 318 g/mol. The molecule has 2 N–H and O–H groups in total. The number of phenolic OH excluding ortho intramolecular Hbond substituents is 1. The van der Waals surface area contributed by atoms with Crippen LogP contribution in [0.3, 0.4) is 0 Å². The number of nitrogens with zero attached hydrogens (tertiary/aromatic N) is 4. The van der Waals surface area contributed by atoms with Crippen LogP contribution in [0.1, 0.15) is 6.42 Å². The molecule has 1 aliphatic rings. The molecule has 1 fully saturated rings. The van der Waals surface area contributed by atoms with Gasteiger partial charge in [0.15, 0.2) is 11.5 Å². The van der Waals surface area contributed by atoms with Crippen LogP contribution < -0.4 is 9.64 Å². The number of phenols is 1. The molecule has 0 aliphatic carbocycles. The van der Waals surface area contributed by atoms with E-state index in [1.807, 2.05) is 4.90 Å². The van der Waals surface area contributed by atoms with Crippen LogP contribution >= 0.6 is 0 Å². The fourth-order valence-corrected chi connectivity index (χ4v) is 2.79. The summed E-state index contributed by atoms with van der Waals surface area (Å²) in [5.41, 5.74) is 0.618. The van der Waals surface area contributed by atoms with Gasteiger partial charge >= 0.3 is 6.09 Å². The van der Waals surface area contributed by atoms with Crippen molar-refractivity contribution in [1.29, 1.82) is 0 Å². The minimum atomic E-state index is -0.897. The summed E-state index contributed by atoms with van der Waals surface area (Å²) in [6, 6.07) is 3.25. The number of rotatable bonds is 2. The second-order valence-electron chi connectivity index (χ2n) is 5.35. The molecular formula is C15H18N4O4. The van der Waals surface area contributed by atoms with Crippen molar-refractivity contribution in [2.24, 2.45) is 0 Å². The van der Waals surface area contributed by atoms with Crippen LogP contribution in [0.15, 0.2) is 18.5 Å². The zero-order valence-corrected chi connectivity index (χ0v) is 12.8. The highest BCUT2D eigenvalue weighted by Gasteiger charge is 2.21. The first-order valence-electron chi connectivity index (χ1n) is 7.34. The molecule has 1 aromatic carbocycles. The summed E-state index contributed by atoms with van der Waals surface area (Å²) in [4.78, 5) is 23.1. The van der Waals surface area contributed by atoms with Crippen molar-refractivity contribution < 1.29 is 19.7 Å². The van der Waals surface area contributed by atoms with Crippen molar-refractivity contribution in [2.45, 2.75) is 6.42 Å². The summed E-state index contributed by atoms with van der Waals surface area (Å²) in [5, 5.41) is 19.8. The number of fused-ring (bicyclic) bond motifs is 1. The maximum Gasteiger partial charge on any atom is 0.407 e. The Morgan fingerprint density at radius 3 is 2.78 bits per heavy atom. The molecule has 0 atom stereocenters. The third-order valence-electron chi connectivity index (χ3n) is 3.98. The summed E-state index contributed by atoms with van der Waals surface area (Å²) in [6.07, 6.45) is 1.28. The zero-order chi connectivity index (χ0) is 16.4. The Balaban J connectivity index is 1.97. The predicted octanol–water partition coefficient (Wildman–Crippen LogP) is 1.53. The number of aromatic hydroxyl groups is 1. The predicted molar refractivity (Wildman–Crippen MR) is 84.2 cm³/mol. The topological polar surface area (TPSA) is 99.0 Å². The summed E-state index contributed by atoms with van der Waals surface area (Å²) < 4.78 is 5.16. The lowest BCUT2D eigenvalue weighted by atomic mass is 10.2. The average molecular weight is 318 g/mol. The second kappa shape index (κ2) is 6.15. The fraction of sp³-hybridized carbons (Fsp3) is 0.400. The first-order chi connectivity index (χ1) is 11.1. The van der Waals surface area contributed by atoms with Crippen LogP contribution in [0.25, 0.3) is 10.9 Å². The van der Waals surface area contributed by atoms with Crippen LogP contribution in [-0.2, 0) is 0 Å². The number of anilines is 1. The van der Waals surface area contributed by atoms with Gasteiger partial charge in [0.25, 0.3) is 0 Å². The quantitative estimate of drug-likeness (QED) is 0.866. The van der Waals surface area contributed by atoms with Crippen molar-refractivity contribution in [2.75, 3.05) is 38.2 Å². The van der Waals surface area contributed by atoms with E-state index in [9.17, 15) is 9.90 Å². The molecule has 1 aromatic heterocycles. The maximum atomic E-state index is 11.1. The van der Waals surface area contributed by atoms with Gasteiger partial charge in [-0.2, -0.15) is 0 Å². The van der Waals surface area contributed by atoms with E-state index in [-0.39, 0.29) is 5.75 Å². The molecule has 0 radical (unpaired) electrons. The van der Waals surface area contributed by atoms with Gasteiger partial charge < -0.3 is 24.7 Å². The summed E-state index contributed by atoms with van der Waals surface area (Å²) in [6.45, 7) is 2.20. The van der Waals surface area contributed by atoms with Crippen LogP contribution in [0.4, 0.5) is 10.6 Å². The number of benzene rings is 1. The molecule has 0 spiro atoms. The van der Waals surface area contributed by atoms with Gasteiger partial charge in [0.2, 0.25) is 0 Å². The summed E-state index contributed by atoms with van der Waals surface area (Å²) in [5.74, 6) is 1.11. The molecular weight excluding hydrogens is 300 g/mol. The van der Waals surface area contributed by atoms with Crippen molar-refractivity contribution >= 4 is 22.8 Å². The normalized spacial score (nSPS) is 15.5. The highest BCUT2D eigenvalue weighted by molar-refractivity contribution is 5.92. The molecule has 0 saturated carbocycles. The van der Waals surface area contributed by atoms with Gasteiger partial charge in [-0.15, -0.1) is 0 Å². The summed E-state index contributed by atoms with van der Waals surface area (Å²) >= 11 is 0. The molecule has 122 valence electrons. The lowest BCUT2D eigenvalue weighted by Gasteiger charge is -2.23. The van der Waals surface area contributed by atoms with Gasteiger partial charge in [-0.1, -0.05) is 0 Å². The Hall–Kier alpha value is -2.77. The Labute approximate surface area is 132 Å². The molecule has 8 heteroatoms. The van der Waals surface area contributed by atoms with Gasteiger partial charge in [0, 0.05) is 37.6 Å². The van der Waals surface area contributed by atoms with E-state index in [1.54, 1.807) is 12.1 Å². The number of amides is 1. The van der Waals surface area contributed by atoms with Crippen LogP contribution in [0.5, 0.6) is 11.5 Å². The molecule has 2 aromatic rings. The van der Waals surface area contributed by atoms with Gasteiger partial charge in [-0.3, -0.25) is 0 Å². The average Bonchev–Trinajstić information content (AvgIpc) is 2.79. The number of hydrogen-bond acceptors (Lipinski definition) is 6. The van der Waals surface area contributed by atoms with E-state index >= 15 is 0 Å². The first-order valence-corrected chi connectivity index (χ1v) is 7.34. The molecule has 23 heavy (non-hydrogen) atoms. The molecule has 1 saturated heterocycles. The largest absolute Gasteiger partial charge is 0.504 e. The van der Waals surface area contributed by atoms with E-state index in [2.05, 4.69) is 9.97 Å². The standard InChI is InChI=1S/C15H18N4O4/c1-23-13-7-10-11(8-12(13)20)16-9-17-14(10)18-3-2-4-19(6-5-18)15(21)22/h7-9,20H,2-6H2,1H3,(H,21,22). The Bertz CT molecular complexity index is 737. The Kier molecular flexibility index (Phi) is 4.05. The molecule has 0 unspecified atom stereocenters. The fourth-order valence-electron chi connectivity index (χ4n) is 2.79. The van der Waals surface area contributed by atoms with Crippen LogP contribution in [0.2, 0.25) is 0 Å². The highest BCUT2D eigenvalue weighted by Crippen LogP contribution is 2.34. The van der Waals surface area contributed by atoms with Gasteiger partial charge in [0.1, 0.15) is 12.1 Å². The zero-order valence-electron chi connectivity index (χ0n) is 12.8. The van der Waals surface area contributed by atoms with Crippen LogP contribution in [-0.4, -0.2) is 64.5 Å². The molecule has 0 bridgehead atoms. The Morgan fingerprint density at radius 2 is 2.04 bits per heavy atom. The molecule has 8 nitrogen and oxygen atoms in total. The van der Waals surface area contributed by atoms with Crippen molar-refractivity contribution in [3.8, 4) is 11.5 Å². The number of aromatic nitrogens is 2. The number of carboxylic acid groups (broad SMARTS) is 1. The third kappa shape index (κ3) is 2.92. The number of methoxy groups -OCH3 is 1. The lowest BCUT2D eigenvalue weighted by molar-refractivity contribution is 0.148. The lowest BCUT2D eigenvalue weighted by Crippen LogP contribution is -2.34. The second-order valence-corrected chi connectivity index (χ2v) is 5.35. The van der Waals surface area contributed by atoms with E-state index in [0.29, 0.717) is 37.4 Å². The molecule has 2 heterocycles. The van der Waals surface area contributed by atoms with E-state index in [1.165, 1.54) is 18.3 Å². The first kappa shape index (κ1) is 15.1. The van der Waals surface area contributed by atoms with E-state index < -0.39 is 6.09 Å². The highest BCUT2D eigenvalue weighted by atomic mass is 16.5. The maximum absolute atomic E-state index is 11.1. The number of hydrogen-bond donors (Lipinski definition) is 2. The van der Waals surface area contributed by atoms with E-state index in [4.69, 9.17) is 9.84 Å². The van der Waals surface area contributed by atoms with Gasteiger partial charge in [0.05, 0.1) is 12.6 Å². The molecule has 1 amide bonds. The summed E-state index contributed by atoms with van der Waals surface area (Å²) in [7, 11) is 1.49. The van der Waals surface area contributed by atoms with Gasteiger partial charge in [-0.05, 0) is 12.5 Å². The van der Waals surface area contributed by atoms with Crippen LogP contribution in [0, 0.1) is 0 Å². The SMILES string of the molecule is COc1cc2c(N3CCCN(C(=O)O)CC3)ncnc2cc1O. The minimum absolute atomic E-state index is 0.0255. The van der Waals surface area contributed by atoms with Crippen molar-refractivity contribution in [1.82, 2.24) is 14.9 Å². The number of carbonyl (C=O) groups is 1. The van der Waals surface area contributed by atoms with E-state index in [0.717, 1.165) is 17.6 Å².